The second-order valence-electron chi connectivity index (χ2n) is 3.79. The molecule has 0 heterocycles. The molecule has 2 atom stereocenters. The molecule has 11 heavy (non-hydrogen) atoms. The Kier molecular flexibility index (Phi) is 2.33. The molecule has 0 bridgehead atoms. The fraction of sp³-hybridized carbons (Fsp3) is 0.889. The Morgan fingerprint density at radius 1 is 1.64 bits per heavy atom. The second kappa shape index (κ2) is 2.94. The van der Waals surface area contributed by atoms with E-state index in [2.05, 4.69) is 6.92 Å². The fourth-order valence-corrected chi connectivity index (χ4v) is 1.84. The van der Waals surface area contributed by atoms with Gasteiger partial charge in [-0.3, -0.25) is 4.79 Å². The first-order chi connectivity index (χ1) is 5.04. The normalized spacial score (nSPS) is 38.6. The molecule has 0 aliphatic heterocycles. The molecule has 0 spiro atoms. The van der Waals surface area contributed by atoms with E-state index in [0.717, 1.165) is 12.8 Å². The van der Waals surface area contributed by atoms with E-state index in [4.69, 9.17) is 0 Å². The van der Waals surface area contributed by atoms with Crippen LogP contribution >= 0.6 is 0 Å². The van der Waals surface area contributed by atoms with Gasteiger partial charge in [-0.05, 0) is 32.1 Å². The first kappa shape index (κ1) is 8.72. The molecule has 0 amide bonds. The van der Waals surface area contributed by atoms with Crippen molar-refractivity contribution in [3.05, 3.63) is 0 Å². The Morgan fingerprint density at radius 2 is 2.27 bits per heavy atom. The summed E-state index contributed by atoms with van der Waals surface area (Å²) in [5, 5.41) is 9.77. The van der Waals surface area contributed by atoms with Gasteiger partial charge in [0.15, 0.2) is 5.78 Å². The van der Waals surface area contributed by atoms with Crippen LogP contribution in [0.25, 0.3) is 0 Å². The van der Waals surface area contributed by atoms with E-state index in [0.29, 0.717) is 18.8 Å². The first-order valence-corrected chi connectivity index (χ1v) is 4.28. The zero-order valence-electron chi connectivity index (χ0n) is 7.26. The lowest BCUT2D eigenvalue weighted by Gasteiger charge is -2.33. The van der Waals surface area contributed by atoms with Crippen LogP contribution in [0.2, 0.25) is 0 Å². The topological polar surface area (TPSA) is 37.3 Å². The minimum atomic E-state index is -0.988. The van der Waals surface area contributed by atoms with Crippen LogP contribution in [-0.2, 0) is 4.79 Å². The van der Waals surface area contributed by atoms with Gasteiger partial charge < -0.3 is 5.11 Å². The lowest BCUT2D eigenvalue weighted by Crippen LogP contribution is -2.41. The second-order valence-corrected chi connectivity index (χ2v) is 3.79. The molecule has 0 saturated heterocycles. The molecule has 0 unspecified atom stereocenters. The zero-order chi connectivity index (χ0) is 8.48. The van der Waals surface area contributed by atoms with Crippen LogP contribution < -0.4 is 0 Å². The Bertz CT molecular complexity index is 165. The monoisotopic (exact) mass is 156 g/mol. The van der Waals surface area contributed by atoms with Crippen molar-refractivity contribution in [2.24, 2.45) is 5.92 Å². The number of ketones is 1. The minimum absolute atomic E-state index is 0.0657. The highest BCUT2D eigenvalue weighted by Crippen LogP contribution is 2.32. The van der Waals surface area contributed by atoms with Gasteiger partial charge in [-0.15, -0.1) is 0 Å². The van der Waals surface area contributed by atoms with E-state index in [-0.39, 0.29) is 5.78 Å². The Morgan fingerprint density at radius 3 is 2.64 bits per heavy atom. The predicted molar refractivity (Wildman–Crippen MR) is 43.3 cm³/mol. The Labute approximate surface area is 67.6 Å². The van der Waals surface area contributed by atoms with Crippen molar-refractivity contribution in [2.75, 3.05) is 0 Å². The molecule has 2 heteroatoms. The van der Waals surface area contributed by atoms with Gasteiger partial charge in [0.1, 0.15) is 5.60 Å². The van der Waals surface area contributed by atoms with Gasteiger partial charge in [-0.2, -0.15) is 0 Å². The molecule has 0 aromatic heterocycles. The van der Waals surface area contributed by atoms with Gasteiger partial charge >= 0.3 is 0 Å². The van der Waals surface area contributed by atoms with E-state index >= 15 is 0 Å². The molecule has 0 radical (unpaired) electrons. The summed E-state index contributed by atoms with van der Waals surface area (Å²) in [6, 6.07) is 0. The van der Waals surface area contributed by atoms with E-state index in [1.165, 1.54) is 6.92 Å². The highest BCUT2D eigenvalue weighted by Gasteiger charge is 2.36. The van der Waals surface area contributed by atoms with E-state index < -0.39 is 5.60 Å². The van der Waals surface area contributed by atoms with Gasteiger partial charge in [-0.25, -0.2) is 0 Å². The molecule has 0 aromatic carbocycles. The third-order valence-electron chi connectivity index (χ3n) is 2.63. The molecule has 0 aromatic rings. The summed E-state index contributed by atoms with van der Waals surface area (Å²) >= 11 is 0. The van der Waals surface area contributed by atoms with Gasteiger partial charge in [0, 0.05) is 0 Å². The number of hydrogen-bond acceptors (Lipinski definition) is 2. The van der Waals surface area contributed by atoms with Crippen LogP contribution in [0.15, 0.2) is 0 Å². The summed E-state index contributed by atoms with van der Waals surface area (Å²) in [7, 11) is 0. The summed E-state index contributed by atoms with van der Waals surface area (Å²) in [6.45, 7) is 3.57. The maximum absolute atomic E-state index is 11.0. The van der Waals surface area contributed by atoms with Crippen molar-refractivity contribution in [3.8, 4) is 0 Å². The molecule has 1 aliphatic carbocycles. The molecule has 64 valence electrons. The maximum Gasteiger partial charge on any atom is 0.161 e. The number of hydrogen-bond donors (Lipinski definition) is 1. The van der Waals surface area contributed by atoms with Crippen molar-refractivity contribution in [3.63, 3.8) is 0 Å². The quantitative estimate of drug-likeness (QED) is 0.625. The third-order valence-corrected chi connectivity index (χ3v) is 2.63. The average Bonchev–Trinajstić information content (AvgIpc) is 1.86. The minimum Gasteiger partial charge on any atom is -0.382 e. The van der Waals surface area contributed by atoms with Gasteiger partial charge in [-0.1, -0.05) is 13.3 Å². The standard InChI is InChI=1S/C9H16O2/c1-7-4-3-5-9(11,6-7)8(2)10/h7,11H,3-6H2,1-2H3/t7-,9+/m1/s1. The number of aliphatic hydroxyl groups is 1. The molecule has 1 fully saturated rings. The Hall–Kier alpha value is -0.370. The van der Waals surface area contributed by atoms with Crippen LogP contribution in [0.5, 0.6) is 0 Å². The number of carbonyl (C=O) groups is 1. The van der Waals surface area contributed by atoms with E-state index in [1.807, 2.05) is 0 Å². The number of rotatable bonds is 1. The fourth-order valence-electron chi connectivity index (χ4n) is 1.84. The molecule has 1 rings (SSSR count). The summed E-state index contributed by atoms with van der Waals surface area (Å²) < 4.78 is 0. The third kappa shape index (κ3) is 1.80. The van der Waals surface area contributed by atoms with Crippen LogP contribution in [0.3, 0.4) is 0 Å². The van der Waals surface area contributed by atoms with Crippen molar-refractivity contribution >= 4 is 5.78 Å². The van der Waals surface area contributed by atoms with E-state index in [1.54, 1.807) is 0 Å². The predicted octanol–water partition coefficient (Wildman–Crippen LogP) is 1.52. The highest BCUT2D eigenvalue weighted by molar-refractivity contribution is 5.84. The van der Waals surface area contributed by atoms with Crippen molar-refractivity contribution in [2.45, 2.75) is 45.1 Å². The molecule has 1 aliphatic rings. The highest BCUT2D eigenvalue weighted by atomic mass is 16.3. The van der Waals surface area contributed by atoms with Gasteiger partial charge in [0.2, 0.25) is 0 Å². The molecule has 1 N–H and O–H groups in total. The largest absolute Gasteiger partial charge is 0.382 e. The van der Waals surface area contributed by atoms with Crippen LogP contribution in [0.4, 0.5) is 0 Å². The summed E-state index contributed by atoms with van der Waals surface area (Å²) in [4.78, 5) is 11.0. The molecular weight excluding hydrogens is 140 g/mol. The number of carbonyl (C=O) groups excluding carboxylic acids is 1. The lowest BCUT2D eigenvalue weighted by atomic mass is 9.77. The lowest BCUT2D eigenvalue weighted by molar-refractivity contribution is -0.139. The van der Waals surface area contributed by atoms with Gasteiger partial charge in [0.05, 0.1) is 0 Å². The van der Waals surface area contributed by atoms with Crippen molar-refractivity contribution < 1.29 is 9.90 Å². The summed E-state index contributed by atoms with van der Waals surface area (Å²) in [5.74, 6) is 0.432. The van der Waals surface area contributed by atoms with Crippen molar-refractivity contribution in [1.82, 2.24) is 0 Å². The molecular formula is C9H16O2. The first-order valence-electron chi connectivity index (χ1n) is 4.28. The van der Waals surface area contributed by atoms with Crippen LogP contribution in [0.1, 0.15) is 39.5 Å². The van der Waals surface area contributed by atoms with Crippen LogP contribution in [0, 0.1) is 5.92 Å². The van der Waals surface area contributed by atoms with Gasteiger partial charge in [0.25, 0.3) is 0 Å². The average molecular weight is 156 g/mol. The molecule has 2 nitrogen and oxygen atoms in total. The summed E-state index contributed by atoms with van der Waals surface area (Å²) in [6.07, 6.45) is 3.45. The zero-order valence-corrected chi connectivity index (χ0v) is 7.26. The van der Waals surface area contributed by atoms with Crippen molar-refractivity contribution in [1.29, 1.82) is 0 Å². The van der Waals surface area contributed by atoms with Crippen LogP contribution in [-0.4, -0.2) is 16.5 Å². The van der Waals surface area contributed by atoms with E-state index in [9.17, 15) is 9.90 Å². The smallest absolute Gasteiger partial charge is 0.161 e. The SMILES string of the molecule is CC(=O)[C@]1(O)CCC[C@@H](C)C1. The maximum atomic E-state index is 11.0. The Balaban J connectivity index is 2.63. The molecule has 1 saturated carbocycles. The number of Topliss-reactive ketones (excluding diaryl/α,β-unsaturated/α-hetero) is 1. The summed E-state index contributed by atoms with van der Waals surface area (Å²) in [5.41, 5.74) is -0.988.